The summed E-state index contributed by atoms with van der Waals surface area (Å²) in [6.07, 6.45) is -0.958. The number of carboxylic acid groups (broad SMARTS) is 1. The molecular weight excluding hydrogens is 264 g/mol. The summed E-state index contributed by atoms with van der Waals surface area (Å²) in [5.74, 6) is -1.56. The fourth-order valence-electron chi connectivity index (χ4n) is 1.50. The summed E-state index contributed by atoms with van der Waals surface area (Å²) in [5.41, 5.74) is 0.465. The SMILES string of the molecule is CC(O)CNC(CC(=O)Nc1ccc(O)cc1)C(=O)O. The number of aliphatic hydroxyl groups is 1. The molecule has 7 nitrogen and oxygen atoms in total. The molecule has 20 heavy (non-hydrogen) atoms. The minimum Gasteiger partial charge on any atom is -0.508 e. The number of benzene rings is 1. The van der Waals surface area contributed by atoms with Crippen LogP contribution in [0.25, 0.3) is 0 Å². The number of aliphatic carboxylic acids is 1. The quantitative estimate of drug-likeness (QED) is 0.454. The lowest BCUT2D eigenvalue weighted by molar-refractivity contribution is -0.141. The topological polar surface area (TPSA) is 119 Å². The molecule has 0 aliphatic heterocycles. The predicted octanol–water partition coefficient (Wildman–Crippen LogP) is 0.144. The zero-order chi connectivity index (χ0) is 15.1. The first-order chi connectivity index (χ1) is 9.38. The molecule has 0 fully saturated rings. The second kappa shape index (κ2) is 7.46. The molecule has 1 aromatic carbocycles. The van der Waals surface area contributed by atoms with Gasteiger partial charge in [-0.3, -0.25) is 9.59 Å². The Morgan fingerprint density at radius 3 is 2.35 bits per heavy atom. The number of carbonyl (C=O) groups is 2. The molecule has 1 amide bonds. The summed E-state index contributed by atoms with van der Waals surface area (Å²) in [5, 5.41) is 32.3. The van der Waals surface area contributed by atoms with Gasteiger partial charge in [0.25, 0.3) is 0 Å². The molecule has 0 heterocycles. The van der Waals surface area contributed by atoms with E-state index in [2.05, 4.69) is 10.6 Å². The van der Waals surface area contributed by atoms with Gasteiger partial charge < -0.3 is 26.0 Å². The molecule has 5 N–H and O–H groups in total. The zero-order valence-electron chi connectivity index (χ0n) is 11.0. The van der Waals surface area contributed by atoms with Crippen molar-refractivity contribution in [1.29, 1.82) is 0 Å². The number of carboxylic acids is 1. The molecule has 0 saturated heterocycles. The predicted molar refractivity (Wildman–Crippen MR) is 72.5 cm³/mol. The van der Waals surface area contributed by atoms with Crippen LogP contribution in [0, 0.1) is 0 Å². The van der Waals surface area contributed by atoms with E-state index in [1.54, 1.807) is 0 Å². The Morgan fingerprint density at radius 2 is 1.85 bits per heavy atom. The fraction of sp³-hybridized carbons (Fsp3) is 0.385. The number of hydrogen-bond donors (Lipinski definition) is 5. The van der Waals surface area contributed by atoms with Gasteiger partial charge in [0, 0.05) is 12.2 Å². The van der Waals surface area contributed by atoms with Crippen LogP contribution in [0.5, 0.6) is 5.75 Å². The van der Waals surface area contributed by atoms with Crippen molar-refractivity contribution in [3.8, 4) is 5.75 Å². The van der Waals surface area contributed by atoms with E-state index in [0.717, 1.165) is 0 Å². The third kappa shape index (κ3) is 5.68. The van der Waals surface area contributed by atoms with Crippen LogP contribution in [-0.2, 0) is 9.59 Å². The van der Waals surface area contributed by atoms with Gasteiger partial charge in [-0.25, -0.2) is 0 Å². The van der Waals surface area contributed by atoms with Crippen LogP contribution in [0.3, 0.4) is 0 Å². The van der Waals surface area contributed by atoms with Crippen molar-refractivity contribution in [2.24, 2.45) is 0 Å². The molecule has 2 unspecified atom stereocenters. The summed E-state index contributed by atoms with van der Waals surface area (Å²) < 4.78 is 0. The van der Waals surface area contributed by atoms with Gasteiger partial charge in [0.05, 0.1) is 12.5 Å². The largest absolute Gasteiger partial charge is 0.508 e. The average molecular weight is 282 g/mol. The van der Waals surface area contributed by atoms with Gasteiger partial charge in [0.2, 0.25) is 5.91 Å². The second-order valence-electron chi connectivity index (χ2n) is 4.45. The van der Waals surface area contributed by atoms with E-state index in [4.69, 9.17) is 15.3 Å². The lowest BCUT2D eigenvalue weighted by Gasteiger charge is -2.15. The minimum atomic E-state index is -1.16. The number of nitrogens with one attached hydrogen (secondary N) is 2. The van der Waals surface area contributed by atoms with E-state index in [-0.39, 0.29) is 18.7 Å². The van der Waals surface area contributed by atoms with Gasteiger partial charge in [0.1, 0.15) is 11.8 Å². The molecule has 0 aromatic heterocycles. The molecule has 2 atom stereocenters. The Labute approximate surface area is 116 Å². The third-order valence-electron chi connectivity index (χ3n) is 2.50. The van der Waals surface area contributed by atoms with Gasteiger partial charge in [-0.05, 0) is 31.2 Å². The average Bonchev–Trinajstić information content (AvgIpc) is 2.36. The molecule has 1 aromatic rings. The first-order valence-electron chi connectivity index (χ1n) is 6.11. The number of aromatic hydroxyl groups is 1. The van der Waals surface area contributed by atoms with E-state index >= 15 is 0 Å². The van der Waals surface area contributed by atoms with Crippen LogP contribution in [0.2, 0.25) is 0 Å². The maximum absolute atomic E-state index is 11.7. The van der Waals surface area contributed by atoms with Crippen LogP contribution in [0.4, 0.5) is 5.69 Å². The Kier molecular flexibility index (Phi) is 5.95. The summed E-state index contributed by atoms with van der Waals surface area (Å²) in [6, 6.07) is 4.77. The van der Waals surface area contributed by atoms with E-state index in [1.807, 2.05) is 0 Å². The highest BCUT2D eigenvalue weighted by Gasteiger charge is 2.21. The zero-order valence-corrected chi connectivity index (χ0v) is 11.0. The highest BCUT2D eigenvalue weighted by molar-refractivity contribution is 5.94. The van der Waals surface area contributed by atoms with Crippen molar-refractivity contribution in [3.63, 3.8) is 0 Å². The van der Waals surface area contributed by atoms with E-state index in [1.165, 1.54) is 31.2 Å². The number of hydrogen-bond acceptors (Lipinski definition) is 5. The van der Waals surface area contributed by atoms with Crippen LogP contribution >= 0.6 is 0 Å². The Balaban J connectivity index is 2.53. The van der Waals surface area contributed by atoms with Crippen LogP contribution in [-0.4, -0.2) is 45.9 Å². The molecule has 0 bridgehead atoms. The summed E-state index contributed by atoms with van der Waals surface area (Å²) in [7, 11) is 0. The molecule has 0 spiro atoms. The monoisotopic (exact) mass is 282 g/mol. The maximum Gasteiger partial charge on any atom is 0.321 e. The highest BCUT2D eigenvalue weighted by atomic mass is 16.4. The number of carbonyl (C=O) groups excluding carboxylic acids is 1. The van der Waals surface area contributed by atoms with E-state index in [0.29, 0.717) is 5.69 Å². The lowest BCUT2D eigenvalue weighted by Crippen LogP contribution is -2.42. The van der Waals surface area contributed by atoms with Gasteiger partial charge in [-0.1, -0.05) is 0 Å². The van der Waals surface area contributed by atoms with Gasteiger partial charge in [-0.15, -0.1) is 0 Å². The normalized spacial score (nSPS) is 13.5. The molecule has 0 aliphatic rings. The minimum absolute atomic E-state index is 0.0741. The smallest absolute Gasteiger partial charge is 0.321 e. The van der Waals surface area contributed by atoms with Crippen LogP contribution < -0.4 is 10.6 Å². The number of aliphatic hydroxyl groups excluding tert-OH is 1. The van der Waals surface area contributed by atoms with Gasteiger partial charge in [0.15, 0.2) is 0 Å². The van der Waals surface area contributed by atoms with Crippen molar-refractivity contribution in [3.05, 3.63) is 24.3 Å². The summed E-state index contributed by atoms with van der Waals surface area (Å²) in [4.78, 5) is 22.7. The number of anilines is 1. The van der Waals surface area contributed by atoms with Gasteiger partial charge >= 0.3 is 5.97 Å². The number of phenols is 1. The van der Waals surface area contributed by atoms with E-state index in [9.17, 15) is 9.59 Å². The highest BCUT2D eigenvalue weighted by Crippen LogP contribution is 2.14. The van der Waals surface area contributed by atoms with Crippen LogP contribution in [0.15, 0.2) is 24.3 Å². The van der Waals surface area contributed by atoms with Crippen molar-refractivity contribution in [1.82, 2.24) is 5.32 Å². The summed E-state index contributed by atoms with van der Waals surface area (Å²) >= 11 is 0. The molecule has 0 radical (unpaired) electrons. The molecule has 0 aliphatic carbocycles. The molecule has 1 rings (SSSR count). The Morgan fingerprint density at radius 1 is 1.25 bits per heavy atom. The lowest BCUT2D eigenvalue weighted by atomic mass is 10.2. The third-order valence-corrected chi connectivity index (χ3v) is 2.50. The standard InChI is InChI=1S/C13H18N2O5/c1-8(16)7-14-11(13(19)20)6-12(18)15-9-2-4-10(17)5-3-9/h2-5,8,11,14,16-17H,6-7H2,1H3,(H,15,18)(H,19,20). The Hall–Kier alpha value is -2.12. The van der Waals surface area contributed by atoms with Crippen molar-refractivity contribution in [2.75, 3.05) is 11.9 Å². The second-order valence-corrected chi connectivity index (χ2v) is 4.45. The number of phenolic OH excluding ortho intramolecular Hbond substituents is 1. The molecule has 7 heteroatoms. The van der Waals surface area contributed by atoms with Gasteiger partial charge in [-0.2, -0.15) is 0 Å². The van der Waals surface area contributed by atoms with Crippen molar-refractivity contribution < 1.29 is 24.9 Å². The molecule has 0 saturated carbocycles. The molecule has 110 valence electrons. The van der Waals surface area contributed by atoms with Crippen molar-refractivity contribution >= 4 is 17.6 Å². The number of rotatable bonds is 7. The first kappa shape index (κ1) is 15.9. The summed E-state index contributed by atoms with van der Waals surface area (Å²) in [6.45, 7) is 1.60. The number of amides is 1. The van der Waals surface area contributed by atoms with E-state index < -0.39 is 24.0 Å². The fourth-order valence-corrected chi connectivity index (χ4v) is 1.50. The Bertz CT molecular complexity index is 458. The molecular formula is C13H18N2O5. The first-order valence-corrected chi connectivity index (χ1v) is 6.11. The van der Waals surface area contributed by atoms with Crippen molar-refractivity contribution in [2.45, 2.75) is 25.5 Å². The maximum atomic E-state index is 11.7. The van der Waals surface area contributed by atoms with Crippen LogP contribution in [0.1, 0.15) is 13.3 Å².